The van der Waals surface area contributed by atoms with Gasteiger partial charge in [-0.15, -0.1) is 0 Å². The molecule has 1 N–H and O–H groups in total. The summed E-state index contributed by atoms with van der Waals surface area (Å²) in [6.45, 7) is 3.66. The van der Waals surface area contributed by atoms with Gasteiger partial charge in [0.2, 0.25) is 0 Å². The maximum Gasteiger partial charge on any atom is 0.270 e. The molecule has 0 radical (unpaired) electrons. The van der Waals surface area contributed by atoms with Crippen molar-refractivity contribution in [3.63, 3.8) is 0 Å². The van der Waals surface area contributed by atoms with Crippen molar-refractivity contribution < 1.29 is 9.90 Å². The first-order valence-corrected chi connectivity index (χ1v) is 5.80. The van der Waals surface area contributed by atoms with E-state index in [9.17, 15) is 9.90 Å². The van der Waals surface area contributed by atoms with Crippen LogP contribution in [0.5, 0.6) is 0 Å². The Morgan fingerprint density at radius 2 is 2.19 bits per heavy atom. The number of aliphatic hydroxyl groups is 1. The third-order valence-electron chi connectivity index (χ3n) is 2.16. The van der Waals surface area contributed by atoms with Gasteiger partial charge in [0.25, 0.3) is 5.91 Å². The molecule has 0 bridgehead atoms. The highest BCUT2D eigenvalue weighted by Crippen LogP contribution is 2.15. The quantitative estimate of drug-likeness (QED) is 0.919. The largest absolute Gasteiger partial charge is 0.389 e. The second-order valence-corrected chi connectivity index (χ2v) is 5.54. The number of hydrogen-bond acceptors (Lipinski definition) is 2. The number of carbonyl (C=O) groups is 1. The Morgan fingerprint density at radius 1 is 1.62 bits per heavy atom. The Balaban J connectivity index is 2.82. The number of nitrogens with zero attached hydrogens (tertiary/aromatic N) is 2. The Kier molecular flexibility index (Phi) is 3.80. The molecule has 16 heavy (non-hydrogen) atoms. The van der Waals surface area contributed by atoms with Crippen LogP contribution in [0.25, 0.3) is 0 Å². The fourth-order valence-electron chi connectivity index (χ4n) is 1.58. The van der Waals surface area contributed by atoms with Crippen molar-refractivity contribution in [2.75, 3.05) is 13.6 Å². The van der Waals surface area contributed by atoms with Crippen LogP contribution < -0.4 is 0 Å². The van der Waals surface area contributed by atoms with Gasteiger partial charge >= 0.3 is 0 Å². The molecule has 90 valence electrons. The number of carbonyl (C=O) groups excluding carboxylic acids is 1. The highest BCUT2D eigenvalue weighted by Gasteiger charge is 2.22. The van der Waals surface area contributed by atoms with Crippen molar-refractivity contribution in [1.29, 1.82) is 0 Å². The molecule has 0 fully saturated rings. The lowest BCUT2D eigenvalue weighted by molar-refractivity contribution is 0.0363. The molecule has 1 aromatic rings. The van der Waals surface area contributed by atoms with E-state index in [2.05, 4.69) is 15.9 Å². The topological polar surface area (TPSA) is 45.5 Å². The number of halogens is 1. The van der Waals surface area contributed by atoms with Crippen LogP contribution in [0.1, 0.15) is 24.3 Å². The molecule has 0 saturated carbocycles. The van der Waals surface area contributed by atoms with E-state index in [0.29, 0.717) is 12.2 Å². The fourth-order valence-corrected chi connectivity index (χ4v) is 2.11. The first-order valence-electron chi connectivity index (χ1n) is 5.00. The van der Waals surface area contributed by atoms with Gasteiger partial charge in [-0.1, -0.05) is 0 Å². The second kappa shape index (κ2) is 4.59. The minimum atomic E-state index is -0.882. The number of aromatic nitrogens is 1. The molecule has 0 aliphatic carbocycles. The van der Waals surface area contributed by atoms with Crippen molar-refractivity contribution in [2.24, 2.45) is 7.05 Å². The summed E-state index contributed by atoms with van der Waals surface area (Å²) in [6.07, 6.45) is 1.82. The summed E-state index contributed by atoms with van der Waals surface area (Å²) in [5.74, 6) is -0.102. The molecule has 0 saturated heterocycles. The van der Waals surface area contributed by atoms with Gasteiger partial charge < -0.3 is 14.6 Å². The third kappa shape index (κ3) is 3.35. The van der Waals surface area contributed by atoms with Gasteiger partial charge in [0, 0.05) is 31.3 Å². The van der Waals surface area contributed by atoms with Crippen LogP contribution in [0.15, 0.2) is 16.7 Å². The molecule has 4 nitrogen and oxygen atoms in total. The van der Waals surface area contributed by atoms with E-state index in [-0.39, 0.29) is 5.91 Å². The van der Waals surface area contributed by atoms with Gasteiger partial charge in [-0.05, 0) is 35.8 Å². The van der Waals surface area contributed by atoms with E-state index < -0.39 is 5.60 Å². The summed E-state index contributed by atoms with van der Waals surface area (Å²) in [7, 11) is 3.50. The molecule has 0 spiro atoms. The average molecular weight is 289 g/mol. The van der Waals surface area contributed by atoms with Crippen molar-refractivity contribution in [1.82, 2.24) is 9.47 Å². The minimum Gasteiger partial charge on any atom is -0.389 e. The van der Waals surface area contributed by atoms with Crippen molar-refractivity contribution in [3.05, 3.63) is 22.4 Å². The van der Waals surface area contributed by atoms with E-state index in [0.717, 1.165) is 4.47 Å². The molecule has 0 atom stereocenters. The van der Waals surface area contributed by atoms with Crippen LogP contribution in [0.4, 0.5) is 0 Å². The predicted molar refractivity (Wildman–Crippen MR) is 66.4 cm³/mol. The summed E-state index contributed by atoms with van der Waals surface area (Å²) in [5.41, 5.74) is -0.286. The Bertz CT molecular complexity index is 393. The van der Waals surface area contributed by atoms with E-state index in [1.807, 2.05) is 13.2 Å². The highest BCUT2D eigenvalue weighted by molar-refractivity contribution is 9.10. The molecule has 1 aromatic heterocycles. The van der Waals surface area contributed by atoms with Crippen LogP contribution in [-0.4, -0.2) is 39.7 Å². The van der Waals surface area contributed by atoms with Crippen LogP contribution in [0.3, 0.4) is 0 Å². The van der Waals surface area contributed by atoms with Gasteiger partial charge in [0.1, 0.15) is 5.69 Å². The smallest absolute Gasteiger partial charge is 0.270 e. The molecular weight excluding hydrogens is 272 g/mol. The lowest BCUT2D eigenvalue weighted by Crippen LogP contribution is -2.40. The minimum absolute atomic E-state index is 0.102. The molecule has 0 unspecified atom stereocenters. The number of rotatable bonds is 3. The van der Waals surface area contributed by atoms with Gasteiger partial charge in [-0.3, -0.25) is 4.79 Å². The molecule has 1 rings (SSSR count). The highest BCUT2D eigenvalue weighted by atomic mass is 79.9. The summed E-state index contributed by atoms with van der Waals surface area (Å²) in [4.78, 5) is 13.5. The van der Waals surface area contributed by atoms with Gasteiger partial charge in [0.05, 0.1) is 5.60 Å². The van der Waals surface area contributed by atoms with Crippen LogP contribution in [-0.2, 0) is 7.05 Å². The number of amides is 1. The zero-order valence-corrected chi connectivity index (χ0v) is 11.6. The van der Waals surface area contributed by atoms with Crippen LogP contribution >= 0.6 is 15.9 Å². The number of aryl methyl sites for hydroxylation is 1. The molecule has 1 amide bonds. The van der Waals surface area contributed by atoms with E-state index in [4.69, 9.17) is 0 Å². The Morgan fingerprint density at radius 3 is 2.56 bits per heavy atom. The molecule has 0 aromatic carbocycles. The van der Waals surface area contributed by atoms with Crippen LogP contribution in [0.2, 0.25) is 0 Å². The van der Waals surface area contributed by atoms with Gasteiger partial charge in [-0.25, -0.2) is 0 Å². The zero-order chi connectivity index (χ0) is 12.5. The average Bonchev–Trinajstić information content (AvgIpc) is 2.41. The lowest BCUT2D eigenvalue weighted by Gasteiger charge is -2.25. The summed E-state index contributed by atoms with van der Waals surface area (Å²) < 4.78 is 2.63. The maximum absolute atomic E-state index is 12.0. The standard InChI is InChI=1S/C11H17BrN2O2/c1-11(2,16)7-14(4)10(15)9-5-8(12)6-13(9)3/h5-6,16H,7H2,1-4H3. The molecule has 0 aliphatic rings. The van der Waals surface area contributed by atoms with Crippen molar-refractivity contribution in [3.8, 4) is 0 Å². The molecular formula is C11H17BrN2O2. The van der Waals surface area contributed by atoms with E-state index >= 15 is 0 Å². The van der Waals surface area contributed by atoms with E-state index in [1.165, 1.54) is 4.90 Å². The summed E-state index contributed by atoms with van der Waals surface area (Å²) >= 11 is 3.32. The normalized spacial score (nSPS) is 11.6. The third-order valence-corrected chi connectivity index (χ3v) is 2.60. The molecule has 5 heteroatoms. The maximum atomic E-state index is 12.0. The summed E-state index contributed by atoms with van der Waals surface area (Å²) in [5, 5.41) is 9.65. The summed E-state index contributed by atoms with van der Waals surface area (Å²) in [6, 6.07) is 1.77. The van der Waals surface area contributed by atoms with Crippen molar-refractivity contribution in [2.45, 2.75) is 19.4 Å². The van der Waals surface area contributed by atoms with Crippen molar-refractivity contribution >= 4 is 21.8 Å². The van der Waals surface area contributed by atoms with Gasteiger partial charge in [-0.2, -0.15) is 0 Å². The fraction of sp³-hybridized carbons (Fsp3) is 0.545. The van der Waals surface area contributed by atoms with Crippen LogP contribution in [0, 0.1) is 0 Å². The predicted octanol–water partition coefficient (Wildman–Crippen LogP) is 1.63. The number of hydrogen-bond donors (Lipinski definition) is 1. The first-order chi connectivity index (χ1) is 7.20. The first kappa shape index (κ1) is 13.3. The monoisotopic (exact) mass is 288 g/mol. The zero-order valence-electron chi connectivity index (χ0n) is 9.99. The Labute approximate surface area is 104 Å². The molecule has 0 aliphatic heterocycles. The van der Waals surface area contributed by atoms with Gasteiger partial charge in [0.15, 0.2) is 0 Å². The molecule has 1 heterocycles. The second-order valence-electron chi connectivity index (χ2n) is 4.63. The number of likely N-dealkylation sites (N-methyl/N-ethyl adjacent to an activating group) is 1. The Hall–Kier alpha value is -0.810. The lowest BCUT2D eigenvalue weighted by atomic mass is 10.1. The van der Waals surface area contributed by atoms with E-state index in [1.54, 1.807) is 31.5 Å². The SMILES string of the molecule is CN(CC(C)(C)O)C(=O)c1cc(Br)cn1C.